The van der Waals surface area contributed by atoms with E-state index in [1.807, 2.05) is 24.3 Å². The van der Waals surface area contributed by atoms with Gasteiger partial charge in [0.2, 0.25) is 0 Å². The second kappa shape index (κ2) is 6.69. The van der Waals surface area contributed by atoms with Crippen molar-refractivity contribution in [1.29, 1.82) is 0 Å². The summed E-state index contributed by atoms with van der Waals surface area (Å²) in [5.41, 5.74) is 2.10. The molecular formula is C15H18Cl2O2. The SMILES string of the molecule is CC(C)(c1ccc(O)cc1)c1ccc(O)cc1.Cl.Cl. The van der Waals surface area contributed by atoms with Crippen LogP contribution in [0.15, 0.2) is 48.5 Å². The highest BCUT2D eigenvalue weighted by atomic mass is 35.5. The molecule has 0 aliphatic rings. The van der Waals surface area contributed by atoms with Crippen LogP contribution in [0.3, 0.4) is 0 Å². The molecule has 0 radical (unpaired) electrons. The number of phenolic OH excluding ortho intramolecular Hbond substituents is 2. The van der Waals surface area contributed by atoms with Crippen molar-refractivity contribution in [3.8, 4) is 11.5 Å². The fraction of sp³-hybridized carbons (Fsp3) is 0.200. The minimum absolute atomic E-state index is 0. The van der Waals surface area contributed by atoms with Gasteiger partial charge in [-0.25, -0.2) is 0 Å². The second-order valence-corrected chi connectivity index (χ2v) is 4.72. The largest absolute Gasteiger partial charge is 0.508 e. The van der Waals surface area contributed by atoms with Crippen LogP contribution in [0.2, 0.25) is 0 Å². The van der Waals surface area contributed by atoms with E-state index >= 15 is 0 Å². The zero-order valence-electron chi connectivity index (χ0n) is 10.8. The Morgan fingerprint density at radius 2 is 0.895 bits per heavy atom. The molecule has 2 aromatic carbocycles. The first-order chi connectivity index (χ1) is 8.00. The zero-order chi connectivity index (χ0) is 12.5. The lowest BCUT2D eigenvalue weighted by Gasteiger charge is -2.26. The van der Waals surface area contributed by atoms with Crippen LogP contribution in [0.25, 0.3) is 0 Å². The molecule has 0 unspecified atom stereocenters. The predicted molar refractivity (Wildman–Crippen MR) is 82.8 cm³/mol. The Morgan fingerprint density at radius 1 is 0.632 bits per heavy atom. The van der Waals surface area contributed by atoms with Crippen molar-refractivity contribution in [2.75, 3.05) is 0 Å². The van der Waals surface area contributed by atoms with Crippen molar-refractivity contribution >= 4 is 24.8 Å². The molecule has 0 saturated carbocycles. The highest BCUT2D eigenvalue weighted by molar-refractivity contribution is 5.85. The van der Waals surface area contributed by atoms with Gasteiger partial charge in [-0.1, -0.05) is 38.1 Å². The summed E-state index contributed by atoms with van der Waals surface area (Å²) < 4.78 is 0. The van der Waals surface area contributed by atoms with Crippen LogP contribution in [-0.2, 0) is 5.41 Å². The Hall–Kier alpha value is -1.38. The Morgan fingerprint density at radius 3 is 1.16 bits per heavy atom. The van der Waals surface area contributed by atoms with Gasteiger partial charge < -0.3 is 10.2 Å². The highest BCUT2D eigenvalue weighted by Gasteiger charge is 2.22. The predicted octanol–water partition coefficient (Wildman–Crippen LogP) is 4.27. The standard InChI is InChI=1S/C15H16O2.2ClH/c1-15(2,11-3-7-13(16)8-4-11)12-5-9-14(17)10-6-12;;/h3-10,16-17H,1-2H3;2*1H. The average Bonchev–Trinajstić information content (AvgIpc) is 2.30. The van der Waals surface area contributed by atoms with E-state index in [4.69, 9.17) is 0 Å². The van der Waals surface area contributed by atoms with Gasteiger partial charge in [-0.3, -0.25) is 0 Å². The fourth-order valence-electron chi connectivity index (χ4n) is 1.92. The lowest BCUT2D eigenvalue weighted by molar-refractivity contribution is 0.474. The van der Waals surface area contributed by atoms with E-state index in [0.29, 0.717) is 0 Å². The molecule has 2 nitrogen and oxygen atoms in total. The van der Waals surface area contributed by atoms with E-state index in [9.17, 15) is 10.2 Å². The van der Waals surface area contributed by atoms with E-state index in [2.05, 4.69) is 13.8 Å². The molecule has 0 bridgehead atoms. The first-order valence-electron chi connectivity index (χ1n) is 5.59. The van der Waals surface area contributed by atoms with Crippen LogP contribution in [0.1, 0.15) is 25.0 Å². The summed E-state index contributed by atoms with van der Waals surface area (Å²) in [5.74, 6) is 0.547. The molecule has 2 rings (SSSR count). The maximum atomic E-state index is 9.30. The van der Waals surface area contributed by atoms with Gasteiger partial charge in [-0.05, 0) is 35.4 Å². The number of hydrogen-bond acceptors (Lipinski definition) is 2. The summed E-state index contributed by atoms with van der Waals surface area (Å²) in [7, 11) is 0. The van der Waals surface area contributed by atoms with E-state index in [0.717, 1.165) is 11.1 Å². The summed E-state index contributed by atoms with van der Waals surface area (Å²) in [5, 5.41) is 18.6. The van der Waals surface area contributed by atoms with Crippen LogP contribution in [0, 0.1) is 0 Å². The van der Waals surface area contributed by atoms with Crippen LogP contribution in [0.4, 0.5) is 0 Å². The number of benzene rings is 2. The van der Waals surface area contributed by atoms with Crippen molar-refractivity contribution in [2.24, 2.45) is 0 Å². The summed E-state index contributed by atoms with van der Waals surface area (Å²) in [6, 6.07) is 14.4. The number of aromatic hydroxyl groups is 2. The zero-order valence-corrected chi connectivity index (χ0v) is 12.5. The quantitative estimate of drug-likeness (QED) is 0.869. The third-order valence-corrected chi connectivity index (χ3v) is 3.18. The Labute approximate surface area is 125 Å². The van der Waals surface area contributed by atoms with Crippen LogP contribution in [0.5, 0.6) is 11.5 Å². The lowest BCUT2D eigenvalue weighted by atomic mass is 9.78. The third kappa shape index (κ3) is 3.79. The maximum absolute atomic E-state index is 9.30. The molecular weight excluding hydrogens is 283 g/mol. The van der Waals surface area contributed by atoms with E-state index in [1.54, 1.807) is 24.3 Å². The van der Waals surface area contributed by atoms with E-state index in [-0.39, 0.29) is 41.7 Å². The molecule has 0 aliphatic carbocycles. The molecule has 0 heterocycles. The fourth-order valence-corrected chi connectivity index (χ4v) is 1.92. The summed E-state index contributed by atoms with van der Waals surface area (Å²) in [4.78, 5) is 0. The summed E-state index contributed by atoms with van der Waals surface area (Å²) in [6.07, 6.45) is 0. The van der Waals surface area contributed by atoms with E-state index < -0.39 is 0 Å². The Kier molecular flexibility index (Phi) is 6.20. The van der Waals surface area contributed by atoms with Crippen molar-refractivity contribution in [2.45, 2.75) is 19.3 Å². The van der Waals surface area contributed by atoms with Crippen molar-refractivity contribution in [3.05, 3.63) is 59.7 Å². The Bertz CT molecular complexity index is 457. The molecule has 0 spiro atoms. The average molecular weight is 301 g/mol. The minimum Gasteiger partial charge on any atom is -0.508 e. The normalized spacial score (nSPS) is 10.2. The van der Waals surface area contributed by atoms with Gasteiger partial charge in [-0.15, -0.1) is 24.8 Å². The number of halogens is 2. The molecule has 0 atom stereocenters. The second-order valence-electron chi connectivity index (χ2n) is 4.72. The maximum Gasteiger partial charge on any atom is 0.115 e. The molecule has 2 N–H and O–H groups in total. The van der Waals surface area contributed by atoms with E-state index in [1.165, 1.54) is 0 Å². The molecule has 19 heavy (non-hydrogen) atoms. The molecule has 0 aromatic heterocycles. The van der Waals surface area contributed by atoms with Gasteiger partial charge in [0.1, 0.15) is 11.5 Å². The molecule has 4 heteroatoms. The van der Waals surface area contributed by atoms with Gasteiger partial charge in [-0.2, -0.15) is 0 Å². The van der Waals surface area contributed by atoms with Crippen LogP contribution in [-0.4, -0.2) is 10.2 Å². The molecule has 0 fully saturated rings. The number of hydrogen-bond donors (Lipinski definition) is 2. The van der Waals surface area contributed by atoms with Crippen molar-refractivity contribution in [3.63, 3.8) is 0 Å². The highest BCUT2D eigenvalue weighted by Crippen LogP contribution is 2.32. The molecule has 2 aromatic rings. The minimum atomic E-state index is -0.151. The van der Waals surface area contributed by atoms with Crippen LogP contribution < -0.4 is 0 Å². The smallest absolute Gasteiger partial charge is 0.115 e. The van der Waals surface area contributed by atoms with Gasteiger partial charge >= 0.3 is 0 Å². The first kappa shape index (κ1) is 17.6. The van der Waals surface area contributed by atoms with Crippen LogP contribution >= 0.6 is 24.8 Å². The number of phenols is 2. The summed E-state index contributed by atoms with van der Waals surface area (Å²) >= 11 is 0. The van der Waals surface area contributed by atoms with Gasteiger partial charge in [0.15, 0.2) is 0 Å². The monoisotopic (exact) mass is 300 g/mol. The van der Waals surface area contributed by atoms with Gasteiger partial charge in [0, 0.05) is 5.41 Å². The molecule has 104 valence electrons. The lowest BCUT2D eigenvalue weighted by Crippen LogP contribution is -2.18. The molecule has 0 saturated heterocycles. The van der Waals surface area contributed by atoms with Crippen molar-refractivity contribution in [1.82, 2.24) is 0 Å². The topological polar surface area (TPSA) is 40.5 Å². The Balaban J connectivity index is 0.00000162. The van der Waals surface area contributed by atoms with Gasteiger partial charge in [0.05, 0.1) is 0 Å². The first-order valence-corrected chi connectivity index (χ1v) is 5.59. The summed E-state index contributed by atoms with van der Waals surface area (Å²) in [6.45, 7) is 4.23. The number of rotatable bonds is 2. The third-order valence-electron chi connectivity index (χ3n) is 3.18. The molecule has 0 aliphatic heterocycles. The van der Waals surface area contributed by atoms with Crippen molar-refractivity contribution < 1.29 is 10.2 Å². The van der Waals surface area contributed by atoms with Gasteiger partial charge in [0.25, 0.3) is 0 Å². The molecule has 0 amide bonds.